The molecule has 1 atom stereocenters. The molecule has 1 aliphatic rings. The third kappa shape index (κ3) is 3.08. The van der Waals surface area contributed by atoms with Crippen LogP contribution in [0, 0.1) is 13.8 Å². The summed E-state index contributed by atoms with van der Waals surface area (Å²) in [6, 6.07) is 10.7. The minimum absolute atomic E-state index is 0.0196. The number of carbonyl (C=O) groups excluding carboxylic acids is 2. The van der Waals surface area contributed by atoms with Gasteiger partial charge in [-0.25, -0.2) is 9.78 Å². The van der Waals surface area contributed by atoms with Crippen molar-refractivity contribution in [3.63, 3.8) is 0 Å². The number of hydrogen-bond donors (Lipinski definition) is 2. The summed E-state index contributed by atoms with van der Waals surface area (Å²) in [7, 11) is 1.75. The molecule has 3 rings (SSSR count). The molecule has 0 saturated heterocycles. The van der Waals surface area contributed by atoms with Gasteiger partial charge in [-0.05, 0) is 43.2 Å². The molecule has 0 fully saturated rings. The zero-order valence-electron chi connectivity index (χ0n) is 14.0. The van der Waals surface area contributed by atoms with Crippen LogP contribution in [0.15, 0.2) is 36.4 Å². The smallest absolute Gasteiger partial charge is 0.320 e. The van der Waals surface area contributed by atoms with E-state index in [2.05, 4.69) is 15.6 Å². The maximum atomic E-state index is 12.2. The topological polar surface area (TPSA) is 74.3 Å². The van der Waals surface area contributed by atoms with Crippen LogP contribution in [-0.4, -0.2) is 35.4 Å². The van der Waals surface area contributed by atoms with Gasteiger partial charge in [-0.1, -0.05) is 18.2 Å². The molecule has 3 amide bonds. The van der Waals surface area contributed by atoms with Gasteiger partial charge in [0.2, 0.25) is 0 Å². The van der Waals surface area contributed by atoms with Gasteiger partial charge in [0, 0.05) is 24.8 Å². The Bertz CT molecular complexity index is 783. The third-order valence-corrected chi connectivity index (χ3v) is 4.13. The largest absolute Gasteiger partial charge is 0.335 e. The highest BCUT2D eigenvalue weighted by atomic mass is 16.2. The first kappa shape index (κ1) is 16.0. The number of benzene rings is 1. The van der Waals surface area contributed by atoms with Gasteiger partial charge in [-0.15, -0.1) is 0 Å². The molecule has 1 aromatic heterocycles. The van der Waals surface area contributed by atoms with Crippen molar-refractivity contribution in [3.8, 4) is 0 Å². The van der Waals surface area contributed by atoms with Crippen molar-refractivity contribution < 1.29 is 9.59 Å². The molecular weight excluding hydrogens is 304 g/mol. The second-order valence-corrected chi connectivity index (χ2v) is 6.03. The van der Waals surface area contributed by atoms with Gasteiger partial charge in [0.25, 0.3) is 5.91 Å². The van der Waals surface area contributed by atoms with Gasteiger partial charge in [0.05, 0.1) is 6.04 Å². The standard InChI is InChI=1S/C18H20N4O2/c1-11-8-12(2)20-16(9-11)21-18(24)19-10-15-13-6-4-5-7-14(13)17(23)22(15)3/h4-9,15H,10H2,1-3H3,(H2,19,20,21,24). The lowest BCUT2D eigenvalue weighted by atomic mass is 10.1. The Labute approximate surface area is 140 Å². The number of hydrogen-bond acceptors (Lipinski definition) is 3. The molecule has 0 saturated carbocycles. The van der Waals surface area contributed by atoms with Crippen LogP contribution in [0.4, 0.5) is 10.6 Å². The molecular formula is C18H20N4O2. The molecule has 2 N–H and O–H groups in total. The summed E-state index contributed by atoms with van der Waals surface area (Å²) in [6.45, 7) is 4.18. The number of urea groups is 1. The summed E-state index contributed by atoms with van der Waals surface area (Å²) in [5.74, 6) is 0.495. The lowest BCUT2D eigenvalue weighted by molar-refractivity contribution is 0.0774. The number of pyridine rings is 1. The number of aryl methyl sites for hydroxylation is 2. The van der Waals surface area contributed by atoms with Gasteiger partial charge in [0.15, 0.2) is 0 Å². The van der Waals surface area contributed by atoms with Gasteiger partial charge in [-0.3, -0.25) is 10.1 Å². The van der Waals surface area contributed by atoms with E-state index in [1.807, 2.05) is 50.2 Å². The molecule has 2 aromatic rings. The number of nitrogens with one attached hydrogen (secondary N) is 2. The first-order valence-electron chi connectivity index (χ1n) is 7.82. The molecule has 0 aliphatic carbocycles. The van der Waals surface area contributed by atoms with Crippen LogP contribution < -0.4 is 10.6 Å². The Morgan fingerprint density at radius 2 is 2.00 bits per heavy atom. The number of likely N-dealkylation sites (N-methyl/N-ethyl adjacent to an activating group) is 1. The fourth-order valence-electron chi connectivity index (χ4n) is 3.02. The van der Waals surface area contributed by atoms with Crippen LogP contribution in [0.2, 0.25) is 0 Å². The predicted octanol–water partition coefficient (Wildman–Crippen LogP) is 2.65. The van der Waals surface area contributed by atoms with E-state index < -0.39 is 0 Å². The van der Waals surface area contributed by atoms with Crippen molar-refractivity contribution in [2.24, 2.45) is 0 Å². The fourth-order valence-corrected chi connectivity index (χ4v) is 3.02. The normalized spacial score (nSPS) is 16.0. The summed E-state index contributed by atoms with van der Waals surface area (Å²) in [5.41, 5.74) is 3.52. The van der Waals surface area contributed by atoms with E-state index in [9.17, 15) is 9.59 Å². The van der Waals surface area contributed by atoms with E-state index in [1.165, 1.54) is 0 Å². The minimum Gasteiger partial charge on any atom is -0.335 e. The van der Waals surface area contributed by atoms with E-state index in [0.717, 1.165) is 16.8 Å². The van der Waals surface area contributed by atoms with Crippen molar-refractivity contribution >= 4 is 17.8 Å². The summed E-state index contributed by atoms with van der Waals surface area (Å²) in [4.78, 5) is 30.3. The highest BCUT2D eigenvalue weighted by molar-refractivity contribution is 5.99. The SMILES string of the molecule is Cc1cc(C)nc(NC(=O)NCC2c3ccccc3C(=O)N2C)c1. The minimum atomic E-state index is -0.335. The average Bonchev–Trinajstić information content (AvgIpc) is 2.76. The summed E-state index contributed by atoms with van der Waals surface area (Å²) < 4.78 is 0. The Hall–Kier alpha value is -2.89. The second-order valence-electron chi connectivity index (χ2n) is 6.03. The number of nitrogens with zero attached hydrogens (tertiary/aromatic N) is 2. The zero-order chi connectivity index (χ0) is 17.3. The number of aromatic nitrogens is 1. The number of fused-ring (bicyclic) bond motifs is 1. The molecule has 1 unspecified atom stereocenters. The lowest BCUT2D eigenvalue weighted by Crippen LogP contribution is -2.37. The average molecular weight is 324 g/mol. The number of carbonyl (C=O) groups is 2. The van der Waals surface area contributed by atoms with Crippen LogP contribution in [0.25, 0.3) is 0 Å². The Morgan fingerprint density at radius 3 is 2.75 bits per heavy atom. The number of anilines is 1. The molecule has 0 radical (unpaired) electrons. The van der Waals surface area contributed by atoms with Crippen molar-refractivity contribution in [3.05, 3.63) is 58.8 Å². The Morgan fingerprint density at radius 1 is 1.25 bits per heavy atom. The number of rotatable bonds is 3. The lowest BCUT2D eigenvalue weighted by Gasteiger charge is -2.21. The van der Waals surface area contributed by atoms with Crippen molar-refractivity contribution in [2.45, 2.75) is 19.9 Å². The van der Waals surface area contributed by atoms with Crippen molar-refractivity contribution in [2.75, 3.05) is 18.9 Å². The summed E-state index contributed by atoms with van der Waals surface area (Å²) >= 11 is 0. The van der Waals surface area contributed by atoms with Crippen LogP contribution in [0.3, 0.4) is 0 Å². The van der Waals surface area contributed by atoms with Crippen molar-refractivity contribution in [1.82, 2.24) is 15.2 Å². The second kappa shape index (κ2) is 6.31. The molecule has 6 nitrogen and oxygen atoms in total. The third-order valence-electron chi connectivity index (χ3n) is 4.13. The van der Waals surface area contributed by atoms with Crippen molar-refractivity contribution in [1.29, 1.82) is 0 Å². The van der Waals surface area contributed by atoms with E-state index in [4.69, 9.17) is 0 Å². The van der Waals surface area contributed by atoms with Crippen LogP contribution in [-0.2, 0) is 0 Å². The van der Waals surface area contributed by atoms with E-state index in [-0.39, 0.29) is 18.0 Å². The molecule has 24 heavy (non-hydrogen) atoms. The Kier molecular flexibility index (Phi) is 4.20. The summed E-state index contributed by atoms with van der Waals surface area (Å²) in [6.07, 6.45) is 0. The van der Waals surface area contributed by atoms with Gasteiger partial charge in [-0.2, -0.15) is 0 Å². The zero-order valence-corrected chi connectivity index (χ0v) is 14.0. The van der Waals surface area contributed by atoms with E-state index in [1.54, 1.807) is 11.9 Å². The van der Waals surface area contributed by atoms with Gasteiger partial charge >= 0.3 is 6.03 Å². The van der Waals surface area contributed by atoms with Crippen LogP contribution >= 0.6 is 0 Å². The Balaban J connectivity index is 1.65. The maximum absolute atomic E-state index is 12.2. The van der Waals surface area contributed by atoms with Crippen LogP contribution in [0.5, 0.6) is 0 Å². The molecule has 124 valence electrons. The highest BCUT2D eigenvalue weighted by Crippen LogP contribution is 2.31. The molecule has 0 bridgehead atoms. The van der Waals surface area contributed by atoms with Gasteiger partial charge in [0.1, 0.15) is 5.82 Å². The molecule has 1 aromatic carbocycles. The molecule has 2 heterocycles. The molecule has 1 aliphatic heterocycles. The van der Waals surface area contributed by atoms with Gasteiger partial charge < -0.3 is 10.2 Å². The molecule has 6 heteroatoms. The first-order valence-corrected chi connectivity index (χ1v) is 7.82. The predicted molar refractivity (Wildman–Crippen MR) is 92.0 cm³/mol. The first-order chi connectivity index (χ1) is 11.5. The summed E-state index contributed by atoms with van der Waals surface area (Å²) in [5, 5.41) is 5.55. The quantitative estimate of drug-likeness (QED) is 0.911. The fraction of sp³-hybridized carbons (Fsp3) is 0.278. The highest BCUT2D eigenvalue weighted by Gasteiger charge is 2.33. The van der Waals surface area contributed by atoms with E-state index in [0.29, 0.717) is 17.9 Å². The molecule has 0 spiro atoms. The maximum Gasteiger partial charge on any atom is 0.320 e. The monoisotopic (exact) mass is 324 g/mol. The van der Waals surface area contributed by atoms with Crippen LogP contribution in [0.1, 0.15) is 33.2 Å². The number of amides is 3. The van der Waals surface area contributed by atoms with E-state index >= 15 is 0 Å².